The van der Waals surface area contributed by atoms with Gasteiger partial charge in [-0.3, -0.25) is 9.58 Å². The van der Waals surface area contributed by atoms with E-state index in [-0.39, 0.29) is 0 Å². The molecule has 0 atom stereocenters. The molecule has 0 saturated carbocycles. The SMILES string of the molecule is COc1cccc(CN2CCN(c3ccc(-c4nc(-c5cnn(C)c5)cn5ncc(C#N)c45)cn3)CC2)c1. The van der Waals surface area contributed by atoms with E-state index in [9.17, 15) is 5.26 Å². The molecule has 1 aliphatic rings. The number of anilines is 1. The van der Waals surface area contributed by atoms with E-state index in [1.807, 2.05) is 49.9 Å². The number of hydrogen-bond donors (Lipinski definition) is 0. The number of methoxy groups -OCH3 is 1. The average Bonchev–Trinajstić information content (AvgIpc) is 3.59. The monoisotopic (exact) mass is 505 g/mol. The molecule has 1 fully saturated rings. The zero-order valence-corrected chi connectivity index (χ0v) is 21.3. The number of aromatic nitrogens is 6. The number of piperazine rings is 1. The van der Waals surface area contributed by atoms with E-state index < -0.39 is 0 Å². The molecule has 0 spiro atoms. The zero-order valence-electron chi connectivity index (χ0n) is 21.3. The van der Waals surface area contributed by atoms with Gasteiger partial charge < -0.3 is 9.64 Å². The Morgan fingerprint density at radius 2 is 1.84 bits per heavy atom. The highest BCUT2D eigenvalue weighted by molar-refractivity contribution is 5.83. The van der Waals surface area contributed by atoms with Crippen LogP contribution in [0.4, 0.5) is 5.82 Å². The maximum atomic E-state index is 9.66. The molecule has 4 aromatic heterocycles. The molecular weight excluding hydrogens is 478 g/mol. The van der Waals surface area contributed by atoms with Gasteiger partial charge in [0.05, 0.1) is 37.1 Å². The summed E-state index contributed by atoms with van der Waals surface area (Å²) in [5.41, 5.74) is 5.50. The normalized spacial score (nSPS) is 14.1. The van der Waals surface area contributed by atoms with Crippen LogP contribution in [0.2, 0.25) is 0 Å². The summed E-state index contributed by atoms with van der Waals surface area (Å²) in [5, 5.41) is 18.3. The van der Waals surface area contributed by atoms with Gasteiger partial charge >= 0.3 is 0 Å². The molecule has 38 heavy (non-hydrogen) atoms. The molecule has 0 bridgehead atoms. The number of rotatable bonds is 6. The lowest BCUT2D eigenvalue weighted by atomic mass is 10.1. The van der Waals surface area contributed by atoms with Gasteiger partial charge in [-0.25, -0.2) is 14.5 Å². The first-order valence-corrected chi connectivity index (χ1v) is 12.5. The van der Waals surface area contributed by atoms with Crippen LogP contribution in [0.1, 0.15) is 11.1 Å². The summed E-state index contributed by atoms with van der Waals surface area (Å²) in [7, 11) is 3.57. The van der Waals surface area contributed by atoms with Crippen molar-refractivity contribution >= 4 is 11.3 Å². The molecule has 0 unspecified atom stereocenters. The molecule has 0 aliphatic carbocycles. The van der Waals surface area contributed by atoms with Crippen LogP contribution in [-0.2, 0) is 13.6 Å². The van der Waals surface area contributed by atoms with Gasteiger partial charge in [0, 0.05) is 63.3 Å². The molecule has 6 rings (SSSR count). The van der Waals surface area contributed by atoms with Crippen LogP contribution >= 0.6 is 0 Å². The molecule has 0 amide bonds. The fourth-order valence-corrected chi connectivity index (χ4v) is 4.87. The highest BCUT2D eigenvalue weighted by atomic mass is 16.5. The predicted octanol–water partition coefficient (Wildman–Crippen LogP) is 3.39. The molecular formula is C28H27N9O. The Kier molecular flexibility index (Phi) is 6.19. The van der Waals surface area contributed by atoms with Crippen molar-refractivity contribution in [3.05, 3.63) is 78.5 Å². The average molecular weight is 506 g/mol. The number of hydrogen-bond acceptors (Lipinski definition) is 8. The van der Waals surface area contributed by atoms with Crippen LogP contribution in [0.3, 0.4) is 0 Å². The third-order valence-corrected chi connectivity index (χ3v) is 6.88. The van der Waals surface area contributed by atoms with E-state index in [0.29, 0.717) is 16.8 Å². The summed E-state index contributed by atoms with van der Waals surface area (Å²) in [6.07, 6.45) is 8.90. The Hall–Kier alpha value is -4.75. The number of fused-ring (bicyclic) bond motifs is 1. The molecule has 1 saturated heterocycles. The molecule has 10 heteroatoms. The second-order valence-corrected chi connectivity index (χ2v) is 9.36. The number of nitrogens with zero attached hydrogens (tertiary/aromatic N) is 9. The Morgan fingerprint density at radius 3 is 2.55 bits per heavy atom. The van der Waals surface area contributed by atoms with Crippen molar-refractivity contribution in [2.45, 2.75) is 6.54 Å². The van der Waals surface area contributed by atoms with Gasteiger partial charge in [0.15, 0.2) is 0 Å². The van der Waals surface area contributed by atoms with Crippen LogP contribution < -0.4 is 9.64 Å². The fourth-order valence-electron chi connectivity index (χ4n) is 4.87. The number of pyridine rings is 1. The van der Waals surface area contributed by atoms with Crippen LogP contribution in [0, 0.1) is 11.3 Å². The van der Waals surface area contributed by atoms with E-state index in [2.05, 4.69) is 38.2 Å². The molecule has 0 N–H and O–H groups in total. The topological polar surface area (TPSA) is 100 Å². The molecule has 5 heterocycles. The number of ether oxygens (including phenoxy) is 1. The summed E-state index contributed by atoms with van der Waals surface area (Å²) < 4.78 is 8.80. The first-order chi connectivity index (χ1) is 18.6. The maximum Gasteiger partial charge on any atom is 0.128 e. The summed E-state index contributed by atoms with van der Waals surface area (Å²) in [6.45, 7) is 4.61. The molecule has 0 radical (unpaired) electrons. The third-order valence-electron chi connectivity index (χ3n) is 6.88. The third kappa shape index (κ3) is 4.55. The minimum absolute atomic E-state index is 0.474. The van der Waals surface area contributed by atoms with Gasteiger partial charge in [0.1, 0.15) is 28.7 Å². The van der Waals surface area contributed by atoms with Crippen LogP contribution in [0.25, 0.3) is 28.0 Å². The number of aryl methyl sites for hydroxylation is 1. The standard InChI is InChI=1S/C28H27N9O/c1-34-18-23(16-31-34)25-19-37-28(22(13-29)15-32-37)27(33-25)21-6-7-26(30-14-21)36-10-8-35(9-11-36)17-20-4-3-5-24(12-20)38-2/h3-7,12,14-16,18-19H,8-11,17H2,1-2H3. The van der Waals surface area contributed by atoms with Gasteiger partial charge in [0.25, 0.3) is 0 Å². The van der Waals surface area contributed by atoms with Gasteiger partial charge in [-0.05, 0) is 29.8 Å². The highest BCUT2D eigenvalue weighted by Crippen LogP contribution is 2.29. The molecule has 1 aromatic carbocycles. The van der Waals surface area contributed by atoms with E-state index in [1.165, 1.54) is 5.56 Å². The highest BCUT2D eigenvalue weighted by Gasteiger charge is 2.20. The van der Waals surface area contributed by atoms with Crippen LogP contribution in [-0.4, -0.2) is 67.6 Å². The Labute approximate surface area is 220 Å². The second-order valence-electron chi connectivity index (χ2n) is 9.36. The summed E-state index contributed by atoms with van der Waals surface area (Å²) in [5.74, 6) is 1.82. The molecule has 5 aromatic rings. The lowest BCUT2D eigenvalue weighted by Crippen LogP contribution is -2.46. The van der Waals surface area contributed by atoms with Crippen LogP contribution in [0.5, 0.6) is 5.75 Å². The summed E-state index contributed by atoms with van der Waals surface area (Å²) in [4.78, 5) is 14.4. The minimum Gasteiger partial charge on any atom is -0.497 e. The number of nitriles is 1. The second kappa shape index (κ2) is 9.95. The Balaban J connectivity index is 1.22. The fraction of sp³-hybridized carbons (Fsp3) is 0.250. The van der Waals surface area contributed by atoms with Gasteiger partial charge in [0.2, 0.25) is 0 Å². The van der Waals surface area contributed by atoms with Crippen LogP contribution in [0.15, 0.2) is 67.4 Å². The van der Waals surface area contributed by atoms with Crippen molar-refractivity contribution in [2.75, 3.05) is 38.2 Å². The van der Waals surface area contributed by atoms with Crippen molar-refractivity contribution in [3.8, 4) is 34.3 Å². The van der Waals surface area contributed by atoms with Gasteiger partial charge in [-0.1, -0.05) is 12.1 Å². The lowest BCUT2D eigenvalue weighted by molar-refractivity contribution is 0.249. The maximum absolute atomic E-state index is 9.66. The predicted molar refractivity (Wildman–Crippen MR) is 144 cm³/mol. The first kappa shape index (κ1) is 23.6. The van der Waals surface area contributed by atoms with Gasteiger partial charge in [-0.15, -0.1) is 0 Å². The lowest BCUT2D eigenvalue weighted by Gasteiger charge is -2.35. The summed E-state index contributed by atoms with van der Waals surface area (Å²) in [6, 6.07) is 14.5. The van der Waals surface area contributed by atoms with Gasteiger partial charge in [-0.2, -0.15) is 15.5 Å². The van der Waals surface area contributed by atoms with E-state index in [4.69, 9.17) is 14.7 Å². The number of benzene rings is 1. The zero-order chi connectivity index (χ0) is 26.1. The smallest absolute Gasteiger partial charge is 0.128 e. The van der Waals surface area contributed by atoms with E-state index in [0.717, 1.165) is 61.1 Å². The summed E-state index contributed by atoms with van der Waals surface area (Å²) >= 11 is 0. The van der Waals surface area contributed by atoms with Crippen molar-refractivity contribution in [1.82, 2.24) is 34.3 Å². The van der Waals surface area contributed by atoms with Crippen molar-refractivity contribution in [3.63, 3.8) is 0 Å². The quantitative estimate of drug-likeness (QED) is 0.346. The van der Waals surface area contributed by atoms with E-state index >= 15 is 0 Å². The molecule has 190 valence electrons. The van der Waals surface area contributed by atoms with Crippen molar-refractivity contribution < 1.29 is 4.74 Å². The van der Waals surface area contributed by atoms with Crippen molar-refractivity contribution in [1.29, 1.82) is 5.26 Å². The molecule has 1 aliphatic heterocycles. The Bertz CT molecular complexity index is 1620. The van der Waals surface area contributed by atoms with Crippen molar-refractivity contribution in [2.24, 2.45) is 7.05 Å². The molecule has 10 nitrogen and oxygen atoms in total. The Morgan fingerprint density at radius 1 is 0.974 bits per heavy atom. The largest absolute Gasteiger partial charge is 0.497 e. The minimum atomic E-state index is 0.474. The first-order valence-electron chi connectivity index (χ1n) is 12.5. The van der Waals surface area contributed by atoms with E-state index in [1.54, 1.807) is 28.7 Å².